The average Bonchev–Trinajstić information content (AvgIpc) is 3.34. The van der Waals surface area contributed by atoms with Crippen molar-refractivity contribution in [2.75, 3.05) is 13.2 Å². The van der Waals surface area contributed by atoms with E-state index in [4.69, 9.17) is 13.6 Å². The number of ether oxygens (including phenoxy) is 1. The van der Waals surface area contributed by atoms with Gasteiger partial charge in [0.2, 0.25) is 5.91 Å². The van der Waals surface area contributed by atoms with Crippen LogP contribution >= 0.6 is 0 Å². The molecule has 0 spiro atoms. The Morgan fingerprint density at radius 1 is 1.29 bits per heavy atom. The quantitative estimate of drug-likeness (QED) is 0.364. The molecule has 10 heteroatoms. The molecule has 3 aromatic rings. The summed E-state index contributed by atoms with van der Waals surface area (Å²) in [6.45, 7) is 5.19. The van der Waals surface area contributed by atoms with Crippen LogP contribution in [0.5, 0.6) is 0 Å². The number of nitrogens with one attached hydrogen (secondary N) is 1. The Morgan fingerprint density at radius 2 is 2.10 bits per heavy atom. The number of nitrogens with zero attached hydrogens (tertiary/aromatic N) is 2. The van der Waals surface area contributed by atoms with E-state index >= 15 is 0 Å². The van der Waals surface area contributed by atoms with Gasteiger partial charge in [-0.1, -0.05) is 13.8 Å². The van der Waals surface area contributed by atoms with Crippen molar-refractivity contribution in [3.63, 3.8) is 0 Å². The first-order valence-electron chi connectivity index (χ1n) is 10.0. The largest absolute Gasteiger partial charge is 0.467 e. The zero-order chi connectivity index (χ0) is 22.4. The van der Waals surface area contributed by atoms with Gasteiger partial charge < -0.3 is 18.9 Å². The topological polar surface area (TPSA) is 130 Å². The maximum absolute atomic E-state index is 12.4. The zero-order valence-electron chi connectivity index (χ0n) is 17.4. The Labute approximate surface area is 177 Å². The number of aryl methyl sites for hydroxylation is 1. The molecule has 0 bridgehead atoms. The molecule has 0 radical (unpaired) electrons. The van der Waals surface area contributed by atoms with Gasteiger partial charge in [0.15, 0.2) is 5.58 Å². The Morgan fingerprint density at radius 3 is 2.77 bits per heavy atom. The molecule has 166 valence electrons. The molecule has 0 fully saturated rings. The molecule has 3 rings (SSSR count). The number of fused-ring (bicyclic) bond motifs is 1. The normalized spacial score (nSPS) is 12.4. The maximum Gasteiger partial charge on any atom is 0.419 e. The smallest absolute Gasteiger partial charge is 0.419 e. The van der Waals surface area contributed by atoms with Crippen molar-refractivity contribution in [3.8, 4) is 0 Å². The summed E-state index contributed by atoms with van der Waals surface area (Å²) in [6.07, 6.45) is 2.10. The Bertz CT molecular complexity index is 1080. The molecule has 0 saturated heterocycles. The number of amides is 1. The molecule has 1 atom stereocenters. The number of nitro benzene ring substituents is 1. The van der Waals surface area contributed by atoms with Crippen LogP contribution in [0.15, 0.2) is 50.2 Å². The molecule has 1 amide bonds. The lowest BCUT2D eigenvalue weighted by atomic mass is 10.2. The van der Waals surface area contributed by atoms with Gasteiger partial charge in [0.05, 0.1) is 29.4 Å². The fraction of sp³-hybridized carbons (Fsp3) is 0.429. The third-order valence-corrected chi connectivity index (χ3v) is 4.61. The van der Waals surface area contributed by atoms with E-state index in [1.165, 1.54) is 29.0 Å². The molecule has 2 heterocycles. The number of nitro groups is 1. The highest BCUT2D eigenvalue weighted by Crippen LogP contribution is 2.20. The van der Waals surface area contributed by atoms with Gasteiger partial charge in [-0.05, 0) is 30.5 Å². The van der Waals surface area contributed by atoms with E-state index in [1.54, 1.807) is 12.1 Å². The van der Waals surface area contributed by atoms with E-state index in [1.807, 2.05) is 13.8 Å². The number of hydrogen-bond acceptors (Lipinski definition) is 7. The second-order valence-corrected chi connectivity index (χ2v) is 7.60. The van der Waals surface area contributed by atoms with Crippen molar-refractivity contribution in [1.82, 2.24) is 9.88 Å². The van der Waals surface area contributed by atoms with Gasteiger partial charge in [-0.25, -0.2) is 4.79 Å². The van der Waals surface area contributed by atoms with Crippen LogP contribution in [-0.2, 0) is 16.1 Å². The number of benzene rings is 1. The van der Waals surface area contributed by atoms with Crippen LogP contribution in [0.25, 0.3) is 11.1 Å². The van der Waals surface area contributed by atoms with Crippen LogP contribution in [0.1, 0.15) is 38.5 Å². The van der Waals surface area contributed by atoms with E-state index in [0.29, 0.717) is 36.8 Å². The van der Waals surface area contributed by atoms with Crippen molar-refractivity contribution in [3.05, 3.63) is 63.0 Å². The Balaban J connectivity index is 1.58. The highest BCUT2D eigenvalue weighted by Gasteiger charge is 2.18. The van der Waals surface area contributed by atoms with Crippen LogP contribution in [0, 0.1) is 16.0 Å². The maximum atomic E-state index is 12.4. The van der Waals surface area contributed by atoms with Gasteiger partial charge in [0, 0.05) is 25.6 Å². The van der Waals surface area contributed by atoms with Gasteiger partial charge in [-0.3, -0.25) is 19.5 Å². The summed E-state index contributed by atoms with van der Waals surface area (Å²) >= 11 is 0. The summed E-state index contributed by atoms with van der Waals surface area (Å²) in [5.41, 5.74) is 0.437. The number of carbonyl (C=O) groups is 1. The molecular formula is C21H25N3O7. The number of hydrogen-bond donors (Lipinski definition) is 1. The van der Waals surface area contributed by atoms with Gasteiger partial charge in [-0.15, -0.1) is 0 Å². The molecular weight excluding hydrogens is 406 g/mol. The first kappa shape index (κ1) is 22.3. The third-order valence-electron chi connectivity index (χ3n) is 4.61. The lowest BCUT2D eigenvalue weighted by Gasteiger charge is -2.17. The summed E-state index contributed by atoms with van der Waals surface area (Å²) < 4.78 is 17.5. The van der Waals surface area contributed by atoms with E-state index < -0.39 is 16.7 Å². The average molecular weight is 431 g/mol. The van der Waals surface area contributed by atoms with Crippen molar-refractivity contribution in [2.24, 2.45) is 5.92 Å². The molecule has 1 aromatic carbocycles. The number of non-ortho nitro benzene ring substituents is 1. The Kier molecular flexibility index (Phi) is 7.24. The molecule has 1 N–H and O–H groups in total. The summed E-state index contributed by atoms with van der Waals surface area (Å²) in [5, 5.41) is 13.8. The van der Waals surface area contributed by atoms with Crippen molar-refractivity contribution >= 4 is 22.7 Å². The molecule has 0 aliphatic rings. The van der Waals surface area contributed by atoms with Crippen molar-refractivity contribution in [2.45, 2.75) is 39.3 Å². The molecule has 0 saturated carbocycles. The molecule has 0 aliphatic heterocycles. The van der Waals surface area contributed by atoms with Gasteiger partial charge >= 0.3 is 5.76 Å². The van der Waals surface area contributed by atoms with E-state index in [9.17, 15) is 19.7 Å². The van der Waals surface area contributed by atoms with Gasteiger partial charge in [0.1, 0.15) is 11.8 Å². The third kappa shape index (κ3) is 5.82. The fourth-order valence-corrected chi connectivity index (χ4v) is 3.15. The number of carbonyl (C=O) groups excluding carboxylic acids is 1. The second-order valence-electron chi connectivity index (χ2n) is 7.60. The van der Waals surface area contributed by atoms with Crippen LogP contribution in [0.2, 0.25) is 0 Å². The minimum absolute atomic E-state index is 0.142. The minimum Gasteiger partial charge on any atom is -0.467 e. The molecule has 10 nitrogen and oxygen atoms in total. The summed E-state index contributed by atoms with van der Waals surface area (Å²) in [6, 6.07) is 7.12. The van der Waals surface area contributed by atoms with Gasteiger partial charge in [-0.2, -0.15) is 0 Å². The lowest BCUT2D eigenvalue weighted by Crippen LogP contribution is -2.31. The SMILES string of the molecule is CC(C)COC[C@H](NC(=O)CCCn1c(=O)oc2cc([N+](=O)[O-])ccc21)c1ccco1. The van der Waals surface area contributed by atoms with Crippen LogP contribution in [0.3, 0.4) is 0 Å². The lowest BCUT2D eigenvalue weighted by molar-refractivity contribution is -0.384. The first-order valence-corrected chi connectivity index (χ1v) is 10.0. The summed E-state index contributed by atoms with van der Waals surface area (Å²) in [7, 11) is 0. The summed E-state index contributed by atoms with van der Waals surface area (Å²) in [5.74, 6) is 0.158. The molecule has 31 heavy (non-hydrogen) atoms. The molecule has 0 unspecified atom stereocenters. The highest BCUT2D eigenvalue weighted by molar-refractivity contribution is 5.77. The number of aromatic nitrogens is 1. The summed E-state index contributed by atoms with van der Waals surface area (Å²) in [4.78, 5) is 34.9. The van der Waals surface area contributed by atoms with Crippen LogP contribution in [0.4, 0.5) is 5.69 Å². The van der Waals surface area contributed by atoms with E-state index in [-0.39, 0.29) is 30.1 Å². The van der Waals surface area contributed by atoms with Gasteiger partial charge in [0.25, 0.3) is 5.69 Å². The van der Waals surface area contributed by atoms with Crippen molar-refractivity contribution < 1.29 is 23.3 Å². The van der Waals surface area contributed by atoms with Crippen LogP contribution < -0.4 is 11.1 Å². The second kappa shape index (κ2) is 10.1. The fourth-order valence-electron chi connectivity index (χ4n) is 3.15. The Hall–Kier alpha value is -3.40. The highest BCUT2D eigenvalue weighted by atomic mass is 16.6. The number of rotatable bonds is 11. The molecule has 0 aliphatic carbocycles. The predicted octanol–water partition coefficient (Wildman–Crippen LogP) is 3.41. The zero-order valence-corrected chi connectivity index (χ0v) is 17.4. The predicted molar refractivity (Wildman–Crippen MR) is 112 cm³/mol. The first-order chi connectivity index (χ1) is 14.8. The number of furan rings is 1. The van der Waals surface area contributed by atoms with Crippen molar-refractivity contribution in [1.29, 1.82) is 0 Å². The van der Waals surface area contributed by atoms with E-state index in [0.717, 1.165) is 0 Å². The number of oxazole rings is 1. The molecule has 2 aromatic heterocycles. The standard InChI is InChI=1S/C21H25N3O7/c1-14(2)12-29-13-16(18-5-4-10-30-18)22-20(25)6-3-9-23-17-8-7-15(24(27)28)11-19(17)31-21(23)26/h4-5,7-8,10-11,14,16H,3,6,9,12-13H2,1-2H3,(H,22,25)/t16-/m0/s1. The monoisotopic (exact) mass is 431 g/mol. The van der Waals surface area contributed by atoms with Crippen LogP contribution in [-0.4, -0.2) is 28.6 Å². The minimum atomic E-state index is -0.619. The van der Waals surface area contributed by atoms with E-state index in [2.05, 4.69) is 5.32 Å².